The normalized spacial score (nSPS) is 19.0. The molecule has 0 bridgehead atoms. The first-order chi connectivity index (χ1) is 6.13. The van der Waals surface area contributed by atoms with E-state index in [1.54, 1.807) is 0 Å². The van der Waals surface area contributed by atoms with Crippen molar-refractivity contribution in [2.45, 2.75) is 39.2 Å². The van der Waals surface area contributed by atoms with Crippen molar-refractivity contribution in [2.75, 3.05) is 13.1 Å². The van der Waals surface area contributed by atoms with Crippen molar-refractivity contribution >= 4 is 5.97 Å². The summed E-state index contributed by atoms with van der Waals surface area (Å²) in [6.45, 7) is 5.17. The Kier molecular flexibility index (Phi) is 3.72. The number of carboxylic acid groups (broad SMARTS) is 1. The first-order valence-electron chi connectivity index (χ1n) is 5.09. The molecule has 76 valence electrons. The molecule has 13 heavy (non-hydrogen) atoms. The highest BCUT2D eigenvalue weighted by Gasteiger charge is 2.26. The van der Waals surface area contributed by atoms with Gasteiger partial charge in [0.25, 0.3) is 0 Å². The second kappa shape index (κ2) is 4.61. The van der Waals surface area contributed by atoms with Gasteiger partial charge in [-0.3, -0.25) is 9.69 Å². The van der Waals surface area contributed by atoms with Crippen LogP contribution in [0.5, 0.6) is 0 Å². The molecule has 1 fully saturated rings. The molecule has 3 nitrogen and oxygen atoms in total. The van der Waals surface area contributed by atoms with Gasteiger partial charge in [-0.1, -0.05) is 19.8 Å². The fraction of sp³-hybridized carbons (Fsp3) is 0.900. The monoisotopic (exact) mass is 185 g/mol. The number of rotatable bonds is 6. The molecule has 1 aliphatic rings. The van der Waals surface area contributed by atoms with Gasteiger partial charge in [0.2, 0.25) is 0 Å². The molecular formula is C10H19NO2. The molecule has 0 aromatic rings. The Morgan fingerprint density at radius 2 is 2.23 bits per heavy atom. The van der Waals surface area contributed by atoms with Crippen molar-refractivity contribution in [2.24, 2.45) is 5.92 Å². The molecule has 0 radical (unpaired) electrons. The van der Waals surface area contributed by atoms with E-state index in [0.717, 1.165) is 12.5 Å². The maximum Gasteiger partial charge on any atom is 0.317 e. The van der Waals surface area contributed by atoms with Gasteiger partial charge in [-0.05, 0) is 25.8 Å². The number of nitrogens with zero attached hydrogens (tertiary/aromatic N) is 1. The average molecular weight is 185 g/mol. The Morgan fingerprint density at radius 1 is 1.62 bits per heavy atom. The molecule has 0 aromatic carbocycles. The van der Waals surface area contributed by atoms with Crippen LogP contribution in [0.1, 0.15) is 33.1 Å². The van der Waals surface area contributed by atoms with Crippen LogP contribution in [0.15, 0.2) is 0 Å². The van der Waals surface area contributed by atoms with E-state index in [9.17, 15) is 4.79 Å². The van der Waals surface area contributed by atoms with Crippen molar-refractivity contribution in [3.63, 3.8) is 0 Å². The minimum atomic E-state index is -0.718. The lowest BCUT2D eigenvalue weighted by Gasteiger charge is -2.25. The zero-order valence-electron chi connectivity index (χ0n) is 8.49. The minimum absolute atomic E-state index is 0.185. The molecule has 3 heteroatoms. The molecule has 0 spiro atoms. The summed E-state index contributed by atoms with van der Waals surface area (Å²) in [6, 6.07) is 0.425. The summed E-state index contributed by atoms with van der Waals surface area (Å²) in [5, 5.41) is 8.67. The molecule has 0 aromatic heterocycles. The van der Waals surface area contributed by atoms with Gasteiger partial charge in [0.05, 0.1) is 6.54 Å². The van der Waals surface area contributed by atoms with Gasteiger partial charge in [-0.2, -0.15) is 0 Å². The summed E-state index contributed by atoms with van der Waals surface area (Å²) in [4.78, 5) is 12.6. The van der Waals surface area contributed by atoms with Crippen LogP contribution in [-0.2, 0) is 4.79 Å². The van der Waals surface area contributed by atoms with Crippen molar-refractivity contribution in [3.8, 4) is 0 Å². The van der Waals surface area contributed by atoms with E-state index >= 15 is 0 Å². The van der Waals surface area contributed by atoms with E-state index in [-0.39, 0.29) is 6.54 Å². The topological polar surface area (TPSA) is 40.5 Å². The number of hydrogen-bond donors (Lipinski definition) is 1. The molecule has 0 aliphatic heterocycles. The first-order valence-corrected chi connectivity index (χ1v) is 5.09. The fourth-order valence-corrected chi connectivity index (χ4v) is 1.74. The van der Waals surface area contributed by atoms with Crippen LogP contribution < -0.4 is 0 Å². The Morgan fingerprint density at radius 3 is 2.62 bits per heavy atom. The lowest BCUT2D eigenvalue weighted by atomic mass is 10.1. The van der Waals surface area contributed by atoms with Crippen LogP contribution >= 0.6 is 0 Å². The molecule has 1 aliphatic carbocycles. The largest absolute Gasteiger partial charge is 0.480 e. The Labute approximate surface area is 79.7 Å². The molecule has 1 unspecified atom stereocenters. The number of likely N-dealkylation sites (N-methyl/N-ethyl adjacent to an activating group) is 1. The minimum Gasteiger partial charge on any atom is -0.480 e. The van der Waals surface area contributed by atoms with Gasteiger partial charge in [-0.15, -0.1) is 0 Å². The number of carbonyl (C=O) groups is 1. The van der Waals surface area contributed by atoms with E-state index in [0.29, 0.717) is 6.04 Å². The molecule has 0 heterocycles. The third kappa shape index (κ3) is 3.77. The number of carboxylic acids is 1. The van der Waals surface area contributed by atoms with E-state index in [2.05, 4.69) is 6.92 Å². The highest BCUT2D eigenvalue weighted by Crippen LogP contribution is 2.34. The zero-order valence-corrected chi connectivity index (χ0v) is 8.49. The third-order valence-corrected chi connectivity index (χ3v) is 2.74. The van der Waals surface area contributed by atoms with Crippen LogP contribution in [-0.4, -0.2) is 35.1 Å². The van der Waals surface area contributed by atoms with Crippen molar-refractivity contribution < 1.29 is 9.90 Å². The maximum atomic E-state index is 10.5. The van der Waals surface area contributed by atoms with Crippen LogP contribution in [0.25, 0.3) is 0 Å². The van der Waals surface area contributed by atoms with E-state index in [1.165, 1.54) is 19.3 Å². The van der Waals surface area contributed by atoms with Crippen molar-refractivity contribution in [3.05, 3.63) is 0 Å². The summed E-state index contributed by atoms with van der Waals surface area (Å²) in [5.41, 5.74) is 0. The molecule has 1 N–H and O–H groups in total. The molecule has 1 saturated carbocycles. The highest BCUT2D eigenvalue weighted by atomic mass is 16.4. The molecule has 0 amide bonds. The second-order valence-electron chi connectivity index (χ2n) is 3.98. The Hall–Kier alpha value is -0.570. The van der Waals surface area contributed by atoms with E-state index < -0.39 is 5.97 Å². The van der Waals surface area contributed by atoms with Crippen molar-refractivity contribution in [1.29, 1.82) is 0 Å². The summed E-state index contributed by atoms with van der Waals surface area (Å²) in [7, 11) is 0. The van der Waals surface area contributed by atoms with E-state index in [4.69, 9.17) is 5.11 Å². The zero-order chi connectivity index (χ0) is 9.84. The average Bonchev–Trinajstić information content (AvgIpc) is 2.83. The fourth-order valence-electron chi connectivity index (χ4n) is 1.74. The lowest BCUT2D eigenvalue weighted by Crippen LogP contribution is -2.37. The maximum absolute atomic E-state index is 10.5. The van der Waals surface area contributed by atoms with Gasteiger partial charge < -0.3 is 5.11 Å². The Balaban J connectivity index is 2.29. The van der Waals surface area contributed by atoms with Crippen LogP contribution in [0.3, 0.4) is 0 Å². The summed E-state index contributed by atoms with van der Waals surface area (Å²) >= 11 is 0. The van der Waals surface area contributed by atoms with E-state index in [1.807, 2.05) is 11.8 Å². The predicted molar refractivity (Wildman–Crippen MR) is 51.7 cm³/mol. The Bertz CT molecular complexity index is 178. The third-order valence-electron chi connectivity index (χ3n) is 2.74. The van der Waals surface area contributed by atoms with Gasteiger partial charge in [0.15, 0.2) is 0 Å². The number of hydrogen-bond acceptors (Lipinski definition) is 2. The summed E-state index contributed by atoms with van der Waals surface area (Å²) in [5.74, 6) is 0.155. The first kappa shape index (κ1) is 10.5. The molecular weight excluding hydrogens is 166 g/mol. The number of aliphatic carboxylic acids is 1. The standard InChI is InChI=1S/C10H19NO2/c1-3-11(7-10(12)13)8(2)6-9-4-5-9/h8-9H,3-7H2,1-2H3,(H,12,13). The molecule has 1 atom stereocenters. The van der Waals surface area contributed by atoms with Crippen LogP contribution in [0.2, 0.25) is 0 Å². The van der Waals surface area contributed by atoms with Gasteiger partial charge in [-0.25, -0.2) is 0 Å². The van der Waals surface area contributed by atoms with Crippen LogP contribution in [0.4, 0.5) is 0 Å². The predicted octanol–water partition coefficient (Wildman–Crippen LogP) is 1.58. The quantitative estimate of drug-likeness (QED) is 0.683. The second-order valence-corrected chi connectivity index (χ2v) is 3.98. The van der Waals surface area contributed by atoms with Crippen LogP contribution in [0, 0.1) is 5.92 Å². The van der Waals surface area contributed by atoms with Gasteiger partial charge in [0.1, 0.15) is 0 Å². The lowest BCUT2D eigenvalue weighted by molar-refractivity contribution is -0.138. The SMILES string of the molecule is CCN(CC(=O)O)C(C)CC1CC1. The van der Waals surface area contributed by atoms with Crippen molar-refractivity contribution in [1.82, 2.24) is 4.90 Å². The smallest absolute Gasteiger partial charge is 0.317 e. The molecule has 1 rings (SSSR count). The molecule has 0 saturated heterocycles. The highest BCUT2D eigenvalue weighted by molar-refractivity contribution is 5.69. The summed E-state index contributed by atoms with van der Waals surface area (Å²) in [6.07, 6.45) is 3.85. The summed E-state index contributed by atoms with van der Waals surface area (Å²) < 4.78 is 0. The van der Waals surface area contributed by atoms with Gasteiger partial charge >= 0.3 is 5.97 Å². The van der Waals surface area contributed by atoms with Gasteiger partial charge in [0, 0.05) is 6.04 Å².